The lowest BCUT2D eigenvalue weighted by atomic mass is 9.99. The SMILES string of the molecule is CN(C)CC1CC(O)CN1C(=O)C1COc2ccccc21. The Hall–Kier alpha value is -1.59. The average molecular weight is 290 g/mol. The zero-order chi connectivity index (χ0) is 15.0. The first-order valence-corrected chi connectivity index (χ1v) is 7.41. The number of β-amino-alcohol motifs (C(OH)–C–C–N with tert-alkyl or cyclic N) is 1. The minimum Gasteiger partial charge on any atom is -0.492 e. The second-order valence-corrected chi connectivity index (χ2v) is 6.20. The van der Waals surface area contributed by atoms with Crippen molar-refractivity contribution in [1.82, 2.24) is 9.80 Å². The van der Waals surface area contributed by atoms with Crippen LogP contribution in [-0.2, 0) is 4.79 Å². The zero-order valence-electron chi connectivity index (χ0n) is 12.5. The van der Waals surface area contributed by atoms with E-state index in [0.29, 0.717) is 19.6 Å². The number of likely N-dealkylation sites (N-methyl/N-ethyl adjacent to an activating group) is 1. The first-order chi connectivity index (χ1) is 10.1. The van der Waals surface area contributed by atoms with Crippen LogP contribution in [0.25, 0.3) is 0 Å². The van der Waals surface area contributed by atoms with Crippen molar-refractivity contribution in [3.63, 3.8) is 0 Å². The molecule has 1 amide bonds. The standard InChI is InChI=1S/C16H22N2O3/c1-17(2)8-11-7-12(19)9-18(11)16(20)14-10-21-15-6-4-3-5-13(14)15/h3-6,11-12,14,19H,7-10H2,1-2H3. The van der Waals surface area contributed by atoms with Crippen LogP contribution in [0.15, 0.2) is 24.3 Å². The highest BCUT2D eigenvalue weighted by Crippen LogP contribution is 2.36. The number of carbonyl (C=O) groups excluding carboxylic acids is 1. The fourth-order valence-electron chi connectivity index (χ4n) is 3.32. The first kappa shape index (κ1) is 14.4. The number of hydrogen-bond acceptors (Lipinski definition) is 4. The summed E-state index contributed by atoms with van der Waals surface area (Å²) in [5, 5.41) is 9.93. The molecule has 3 rings (SSSR count). The second kappa shape index (κ2) is 5.66. The predicted molar refractivity (Wildman–Crippen MR) is 79.4 cm³/mol. The fourth-order valence-corrected chi connectivity index (χ4v) is 3.32. The molecule has 1 N–H and O–H groups in total. The van der Waals surface area contributed by atoms with E-state index in [9.17, 15) is 9.90 Å². The Kier molecular flexibility index (Phi) is 3.87. The van der Waals surface area contributed by atoms with Gasteiger partial charge in [-0.15, -0.1) is 0 Å². The first-order valence-electron chi connectivity index (χ1n) is 7.41. The number of hydrogen-bond donors (Lipinski definition) is 1. The number of benzene rings is 1. The number of ether oxygens (including phenoxy) is 1. The van der Waals surface area contributed by atoms with E-state index in [4.69, 9.17) is 4.74 Å². The molecule has 3 atom stereocenters. The Labute approximate surface area is 125 Å². The van der Waals surface area contributed by atoms with Crippen molar-refractivity contribution >= 4 is 5.91 Å². The summed E-state index contributed by atoms with van der Waals surface area (Å²) in [6.45, 7) is 1.60. The van der Waals surface area contributed by atoms with Crippen LogP contribution in [-0.4, -0.2) is 66.8 Å². The number of rotatable bonds is 3. The van der Waals surface area contributed by atoms with Crippen LogP contribution in [0.4, 0.5) is 0 Å². The lowest BCUT2D eigenvalue weighted by molar-refractivity contribution is -0.134. The van der Waals surface area contributed by atoms with Crippen LogP contribution in [0.1, 0.15) is 17.9 Å². The molecule has 0 aliphatic carbocycles. The lowest BCUT2D eigenvalue weighted by Gasteiger charge is -2.28. The molecule has 1 aromatic carbocycles. The Morgan fingerprint density at radius 2 is 2.19 bits per heavy atom. The maximum atomic E-state index is 12.9. The zero-order valence-corrected chi connectivity index (χ0v) is 12.5. The van der Waals surface area contributed by atoms with Crippen molar-refractivity contribution in [1.29, 1.82) is 0 Å². The van der Waals surface area contributed by atoms with Crippen LogP contribution in [0.3, 0.4) is 0 Å². The Bertz CT molecular complexity index is 532. The molecule has 3 unspecified atom stereocenters. The number of fused-ring (bicyclic) bond motifs is 1. The molecule has 2 heterocycles. The third-order valence-corrected chi connectivity index (χ3v) is 4.25. The van der Waals surface area contributed by atoms with Crippen LogP contribution in [0.2, 0.25) is 0 Å². The predicted octanol–water partition coefficient (Wildman–Crippen LogP) is 0.686. The minimum atomic E-state index is -0.420. The number of carbonyl (C=O) groups is 1. The lowest BCUT2D eigenvalue weighted by Crippen LogP contribution is -2.44. The molecule has 0 saturated carbocycles. The molecule has 2 aliphatic heterocycles. The van der Waals surface area contributed by atoms with Gasteiger partial charge in [-0.2, -0.15) is 0 Å². The van der Waals surface area contributed by atoms with E-state index in [1.165, 1.54) is 0 Å². The summed E-state index contributed by atoms with van der Waals surface area (Å²) in [7, 11) is 3.97. The van der Waals surface area contributed by atoms with Crippen molar-refractivity contribution in [2.24, 2.45) is 0 Å². The van der Waals surface area contributed by atoms with Gasteiger partial charge < -0.3 is 19.6 Å². The molecule has 0 spiro atoms. The molecule has 21 heavy (non-hydrogen) atoms. The maximum absolute atomic E-state index is 12.9. The molecule has 5 heteroatoms. The summed E-state index contributed by atoms with van der Waals surface area (Å²) in [6, 6.07) is 7.79. The van der Waals surface area contributed by atoms with E-state index >= 15 is 0 Å². The van der Waals surface area contributed by atoms with Crippen molar-refractivity contribution < 1.29 is 14.6 Å². The highest BCUT2D eigenvalue weighted by molar-refractivity contribution is 5.86. The smallest absolute Gasteiger partial charge is 0.234 e. The van der Waals surface area contributed by atoms with E-state index in [1.54, 1.807) is 0 Å². The Morgan fingerprint density at radius 1 is 1.43 bits per heavy atom. The topological polar surface area (TPSA) is 53.0 Å². The molecule has 1 saturated heterocycles. The third kappa shape index (κ3) is 2.76. The molecule has 5 nitrogen and oxygen atoms in total. The fraction of sp³-hybridized carbons (Fsp3) is 0.562. The number of amides is 1. The number of para-hydroxylation sites is 1. The third-order valence-electron chi connectivity index (χ3n) is 4.25. The van der Waals surface area contributed by atoms with Gasteiger partial charge in [-0.05, 0) is 26.6 Å². The van der Waals surface area contributed by atoms with E-state index in [0.717, 1.165) is 17.9 Å². The van der Waals surface area contributed by atoms with Gasteiger partial charge in [-0.25, -0.2) is 0 Å². The van der Waals surface area contributed by atoms with Gasteiger partial charge in [0.2, 0.25) is 5.91 Å². The Morgan fingerprint density at radius 3 is 2.95 bits per heavy atom. The molecule has 114 valence electrons. The molecule has 0 aromatic heterocycles. The second-order valence-electron chi connectivity index (χ2n) is 6.20. The summed E-state index contributed by atoms with van der Waals surface area (Å²) in [6.07, 6.45) is 0.232. The molecule has 1 aromatic rings. The summed E-state index contributed by atoms with van der Waals surface area (Å²) < 4.78 is 5.61. The number of likely N-dealkylation sites (tertiary alicyclic amines) is 1. The minimum absolute atomic E-state index is 0.0725. The van der Waals surface area contributed by atoms with Crippen molar-refractivity contribution in [2.75, 3.05) is 33.8 Å². The van der Waals surface area contributed by atoms with Gasteiger partial charge in [-0.1, -0.05) is 18.2 Å². The van der Waals surface area contributed by atoms with E-state index < -0.39 is 6.10 Å². The molecular formula is C16H22N2O3. The van der Waals surface area contributed by atoms with E-state index in [2.05, 4.69) is 4.90 Å². The van der Waals surface area contributed by atoms with Gasteiger partial charge in [0.15, 0.2) is 0 Å². The highest BCUT2D eigenvalue weighted by atomic mass is 16.5. The molecular weight excluding hydrogens is 268 g/mol. The molecule has 0 bridgehead atoms. The summed E-state index contributed by atoms with van der Waals surface area (Å²) in [5.41, 5.74) is 0.965. The molecule has 2 aliphatic rings. The van der Waals surface area contributed by atoms with Gasteiger partial charge >= 0.3 is 0 Å². The van der Waals surface area contributed by atoms with Crippen molar-refractivity contribution in [3.05, 3.63) is 29.8 Å². The molecule has 1 fully saturated rings. The van der Waals surface area contributed by atoms with Crippen molar-refractivity contribution in [2.45, 2.75) is 24.5 Å². The van der Waals surface area contributed by atoms with E-state index in [-0.39, 0.29) is 17.9 Å². The largest absolute Gasteiger partial charge is 0.492 e. The quantitative estimate of drug-likeness (QED) is 0.890. The number of aliphatic hydroxyl groups excluding tert-OH is 1. The maximum Gasteiger partial charge on any atom is 0.234 e. The number of aliphatic hydroxyl groups is 1. The summed E-state index contributed by atoms with van der Waals surface area (Å²) in [4.78, 5) is 16.8. The van der Waals surface area contributed by atoms with Crippen LogP contribution in [0.5, 0.6) is 5.75 Å². The highest BCUT2D eigenvalue weighted by Gasteiger charge is 2.40. The van der Waals surface area contributed by atoms with Crippen LogP contribution in [0, 0.1) is 0 Å². The summed E-state index contributed by atoms with van der Waals surface area (Å²) in [5.74, 6) is 0.638. The molecule has 0 radical (unpaired) electrons. The van der Waals surface area contributed by atoms with Gasteiger partial charge in [0.1, 0.15) is 18.3 Å². The number of nitrogens with zero attached hydrogens (tertiary/aromatic N) is 2. The van der Waals surface area contributed by atoms with Gasteiger partial charge in [0, 0.05) is 24.7 Å². The van der Waals surface area contributed by atoms with Crippen molar-refractivity contribution in [3.8, 4) is 5.75 Å². The normalized spacial score (nSPS) is 27.8. The summed E-state index contributed by atoms with van der Waals surface area (Å²) >= 11 is 0. The van der Waals surface area contributed by atoms with Crippen LogP contribution < -0.4 is 4.74 Å². The van der Waals surface area contributed by atoms with Gasteiger partial charge in [0.25, 0.3) is 0 Å². The van der Waals surface area contributed by atoms with Gasteiger partial charge in [-0.3, -0.25) is 4.79 Å². The Balaban J connectivity index is 1.78. The average Bonchev–Trinajstić information content (AvgIpc) is 3.01. The monoisotopic (exact) mass is 290 g/mol. The van der Waals surface area contributed by atoms with Crippen LogP contribution >= 0.6 is 0 Å². The van der Waals surface area contributed by atoms with Gasteiger partial charge in [0.05, 0.1) is 6.10 Å². The van der Waals surface area contributed by atoms with E-state index in [1.807, 2.05) is 43.3 Å².